The maximum atomic E-state index is 12.0. The van der Waals surface area contributed by atoms with Gasteiger partial charge < -0.3 is 19.3 Å². The van der Waals surface area contributed by atoms with E-state index in [0.717, 1.165) is 28.5 Å². The van der Waals surface area contributed by atoms with Crippen molar-refractivity contribution in [3.05, 3.63) is 66.3 Å². The first kappa shape index (κ1) is 18.0. The highest BCUT2D eigenvalue weighted by Crippen LogP contribution is 2.19. The highest BCUT2D eigenvalue weighted by atomic mass is 16.6. The van der Waals surface area contributed by atoms with Gasteiger partial charge in [0.25, 0.3) is 0 Å². The van der Waals surface area contributed by atoms with Crippen LogP contribution in [0, 0.1) is 13.8 Å². The topological polar surface area (TPSA) is 86.3 Å². The number of carbonyl (C=O) groups is 1. The van der Waals surface area contributed by atoms with Gasteiger partial charge in [0.05, 0.1) is 24.3 Å². The van der Waals surface area contributed by atoms with E-state index >= 15 is 0 Å². The third kappa shape index (κ3) is 3.95. The Kier molecular flexibility index (Phi) is 4.92. The molecule has 1 aliphatic heterocycles. The minimum absolute atomic E-state index is 0.0783. The van der Waals surface area contributed by atoms with E-state index in [9.17, 15) is 4.79 Å². The van der Waals surface area contributed by atoms with Gasteiger partial charge in [-0.25, -0.2) is 9.97 Å². The Hall–Kier alpha value is -3.42. The first-order valence-electron chi connectivity index (χ1n) is 9.17. The molecule has 1 amide bonds. The number of imidazole rings is 2. The van der Waals surface area contributed by atoms with Crippen molar-refractivity contribution in [2.45, 2.75) is 32.9 Å². The summed E-state index contributed by atoms with van der Waals surface area (Å²) in [6, 6.07) is 8.16. The van der Waals surface area contributed by atoms with E-state index in [0.29, 0.717) is 13.0 Å². The Balaban J connectivity index is 1.31. The molecular weight excluding hydrogens is 356 g/mol. The first-order valence-corrected chi connectivity index (χ1v) is 9.17. The van der Waals surface area contributed by atoms with E-state index in [1.807, 2.05) is 44.3 Å². The van der Waals surface area contributed by atoms with Gasteiger partial charge in [-0.05, 0) is 31.5 Å². The maximum Gasteiger partial charge on any atom is 0.240 e. The predicted molar refractivity (Wildman–Crippen MR) is 104 cm³/mol. The quantitative estimate of drug-likeness (QED) is 0.711. The van der Waals surface area contributed by atoms with Crippen LogP contribution in [0.15, 0.2) is 54.3 Å². The van der Waals surface area contributed by atoms with Gasteiger partial charge in [-0.2, -0.15) is 0 Å². The maximum absolute atomic E-state index is 12.0. The average Bonchev–Trinajstić information content (AvgIpc) is 3.42. The van der Waals surface area contributed by atoms with Gasteiger partial charge in [0, 0.05) is 30.7 Å². The average molecular weight is 378 g/mol. The Morgan fingerprint density at radius 2 is 2.11 bits per heavy atom. The molecule has 1 unspecified atom stereocenters. The molecular formula is C20H22N6O2. The van der Waals surface area contributed by atoms with E-state index in [-0.39, 0.29) is 18.6 Å². The van der Waals surface area contributed by atoms with Crippen molar-refractivity contribution in [2.24, 2.45) is 5.16 Å². The minimum Gasteiger partial charge on any atom is -0.390 e. The molecule has 1 aromatic carbocycles. The lowest BCUT2D eigenvalue weighted by atomic mass is 10.0. The summed E-state index contributed by atoms with van der Waals surface area (Å²) in [7, 11) is 0. The number of rotatable bonds is 6. The Morgan fingerprint density at radius 3 is 2.79 bits per heavy atom. The van der Waals surface area contributed by atoms with E-state index in [1.165, 1.54) is 0 Å². The molecule has 0 spiro atoms. The van der Waals surface area contributed by atoms with Crippen molar-refractivity contribution >= 4 is 11.6 Å². The number of oxime groups is 1. The molecule has 1 N–H and O–H groups in total. The van der Waals surface area contributed by atoms with E-state index in [4.69, 9.17) is 4.84 Å². The van der Waals surface area contributed by atoms with Gasteiger partial charge in [0.2, 0.25) is 5.91 Å². The van der Waals surface area contributed by atoms with E-state index in [2.05, 4.69) is 25.0 Å². The van der Waals surface area contributed by atoms with Crippen LogP contribution in [0.3, 0.4) is 0 Å². The highest BCUT2D eigenvalue weighted by Gasteiger charge is 2.22. The molecule has 3 aromatic rings. The molecule has 0 saturated carbocycles. The fourth-order valence-corrected chi connectivity index (χ4v) is 3.23. The first-order chi connectivity index (χ1) is 13.6. The number of aromatic nitrogens is 4. The van der Waals surface area contributed by atoms with Crippen molar-refractivity contribution in [3.63, 3.8) is 0 Å². The van der Waals surface area contributed by atoms with Gasteiger partial charge in [0.15, 0.2) is 0 Å². The minimum atomic E-state index is -0.153. The van der Waals surface area contributed by atoms with Gasteiger partial charge >= 0.3 is 0 Å². The summed E-state index contributed by atoms with van der Waals surface area (Å²) in [5.74, 6) is 0.878. The largest absolute Gasteiger partial charge is 0.390 e. The second-order valence-electron chi connectivity index (χ2n) is 6.85. The molecule has 0 fully saturated rings. The second kappa shape index (κ2) is 7.67. The number of hydrogen-bond donors (Lipinski definition) is 1. The lowest BCUT2D eigenvalue weighted by Crippen LogP contribution is -2.34. The van der Waals surface area contributed by atoms with Gasteiger partial charge in [-0.1, -0.05) is 17.3 Å². The zero-order chi connectivity index (χ0) is 19.5. The van der Waals surface area contributed by atoms with Crippen molar-refractivity contribution in [1.29, 1.82) is 0 Å². The zero-order valence-corrected chi connectivity index (χ0v) is 15.9. The normalized spacial score (nSPS) is 15.9. The SMILES string of the molecule is Cc1cn(-c2ccc(C3=NOC(CNC(=O)Cn4ccnc4)C3)cc2)c(C)n1. The van der Waals surface area contributed by atoms with Crippen LogP contribution in [0.1, 0.15) is 23.5 Å². The lowest BCUT2D eigenvalue weighted by Gasteiger charge is -2.10. The Bertz CT molecular complexity index is 988. The summed E-state index contributed by atoms with van der Waals surface area (Å²) in [6.07, 6.45) is 7.54. The number of benzene rings is 1. The molecule has 0 bridgehead atoms. The van der Waals surface area contributed by atoms with Crippen LogP contribution in [0.5, 0.6) is 0 Å². The van der Waals surface area contributed by atoms with Crippen LogP contribution < -0.4 is 5.32 Å². The summed E-state index contributed by atoms with van der Waals surface area (Å²) in [5, 5.41) is 7.07. The second-order valence-corrected chi connectivity index (χ2v) is 6.85. The summed E-state index contributed by atoms with van der Waals surface area (Å²) in [6.45, 7) is 4.64. The van der Waals surface area contributed by atoms with Crippen LogP contribution in [0.2, 0.25) is 0 Å². The van der Waals surface area contributed by atoms with Gasteiger partial charge in [0.1, 0.15) is 18.5 Å². The van der Waals surface area contributed by atoms with Gasteiger partial charge in [-0.3, -0.25) is 4.79 Å². The number of hydrogen-bond acceptors (Lipinski definition) is 5. The number of nitrogens with one attached hydrogen (secondary N) is 1. The lowest BCUT2D eigenvalue weighted by molar-refractivity contribution is -0.122. The summed E-state index contributed by atoms with van der Waals surface area (Å²) >= 11 is 0. The van der Waals surface area contributed by atoms with Crippen LogP contribution in [0.4, 0.5) is 0 Å². The molecule has 4 rings (SSSR count). The highest BCUT2D eigenvalue weighted by molar-refractivity contribution is 6.01. The smallest absolute Gasteiger partial charge is 0.240 e. The molecule has 8 heteroatoms. The number of nitrogens with zero attached hydrogens (tertiary/aromatic N) is 5. The summed E-state index contributed by atoms with van der Waals surface area (Å²) < 4.78 is 3.78. The van der Waals surface area contributed by atoms with Crippen molar-refractivity contribution in [1.82, 2.24) is 24.4 Å². The molecule has 0 saturated heterocycles. The molecule has 0 radical (unpaired) electrons. The van der Waals surface area contributed by atoms with E-state index in [1.54, 1.807) is 23.3 Å². The van der Waals surface area contributed by atoms with Gasteiger partial charge in [-0.15, -0.1) is 0 Å². The fourth-order valence-electron chi connectivity index (χ4n) is 3.23. The predicted octanol–water partition coefficient (Wildman–Crippen LogP) is 2.00. The number of carbonyl (C=O) groups excluding carboxylic acids is 1. The van der Waals surface area contributed by atoms with Crippen LogP contribution in [-0.2, 0) is 16.2 Å². The Morgan fingerprint density at radius 1 is 1.29 bits per heavy atom. The molecule has 144 valence electrons. The van der Waals surface area contributed by atoms with E-state index < -0.39 is 0 Å². The Labute approximate surface area is 162 Å². The number of aryl methyl sites for hydroxylation is 2. The summed E-state index contributed by atoms with van der Waals surface area (Å²) in [5.41, 5.74) is 3.96. The van der Waals surface area contributed by atoms with Crippen molar-refractivity contribution in [3.8, 4) is 5.69 Å². The molecule has 1 aliphatic rings. The van der Waals surface area contributed by atoms with Crippen LogP contribution >= 0.6 is 0 Å². The molecule has 8 nitrogen and oxygen atoms in total. The number of amides is 1. The molecule has 1 atom stereocenters. The monoisotopic (exact) mass is 378 g/mol. The third-order valence-corrected chi connectivity index (χ3v) is 4.63. The van der Waals surface area contributed by atoms with Crippen molar-refractivity contribution < 1.29 is 9.63 Å². The van der Waals surface area contributed by atoms with Crippen LogP contribution in [0.25, 0.3) is 5.69 Å². The molecule has 3 heterocycles. The fraction of sp³-hybridized carbons (Fsp3) is 0.300. The molecule has 28 heavy (non-hydrogen) atoms. The molecule has 0 aliphatic carbocycles. The van der Waals surface area contributed by atoms with Crippen molar-refractivity contribution in [2.75, 3.05) is 6.54 Å². The standard InChI is InChI=1S/C20H22N6O2/c1-14-11-26(15(2)23-14)17-5-3-16(4-6-17)19-9-18(28-24-19)10-22-20(27)12-25-8-7-21-13-25/h3-8,11,13,18H,9-10,12H2,1-2H3,(H,22,27). The summed E-state index contributed by atoms with van der Waals surface area (Å²) in [4.78, 5) is 25.8. The van der Waals surface area contributed by atoms with Crippen LogP contribution in [-0.4, -0.2) is 43.4 Å². The zero-order valence-electron chi connectivity index (χ0n) is 15.9. The third-order valence-electron chi connectivity index (χ3n) is 4.63. The molecule has 2 aromatic heterocycles.